The summed E-state index contributed by atoms with van der Waals surface area (Å²) in [6.07, 6.45) is 0. The lowest BCUT2D eigenvalue weighted by Crippen LogP contribution is -2.44. The van der Waals surface area contributed by atoms with Crippen LogP contribution >= 0.6 is 24.0 Å². The van der Waals surface area contributed by atoms with Crippen molar-refractivity contribution in [3.8, 4) is 5.75 Å². The fraction of sp³-hybridized carbons (Fsp3) is 0.533. The van der Waals surface area contributed by atoms with E-state index in [9.17, 15) is 8.78 Å². The van der Waals surface area contributed by atoms with Crippen LogP contribution < -0.4 is 15.4 Å². The number of guanidine groups is 1. The quantitative estimate of drug-likeness (QED) is 0.281. The first-order valence-electron chi connectivity index (χ1n) is 7.18. The maximum atomic E-state index is 13.4. The van der Waals surface area contributed by atoms with Crippen LogP contribution in [0.3, 0.4) is 0 Å². The number of benzene rings is 1. The Bertz CT molecular complexity index is 490. The van der Waals surface area contributed by atoms with Crippen molar-refractivity contribution in [2.75, 3.05) is 33.4 Å². The van der Waals surface area contributed by atoms with E-state index in [2.05, 4.69) is 15.6 Å². The number of nitrogens with zero attached hydrogens (tertiary/aromatic N) is 1. The number of hydrogen-bond acceptors (Lipinski definition) is 3. The summed E-state index contributed by atoms with van der Waals surface area (Å²) in [5.74, 6) is -0.700. The Kier molecular flexibility index (Phi) is 11.7. The molecule has 1 aromatic rings. The first kappa shape index (κ1) is 21.8. The molecule has 8 heteroatoms. The van der Waals surface area contributed by atoms with Gasteiger partial charge in [-0.15, -0.1) is 24.0 Å². The largest absolute Gasteiger partial charge is 0.489 e. The zero-order valence-corrected chi connectivity index (χ0v) is 15.9. The molecule has 0 fully saturated rings. The molecule has 1 unspecified atom stereocenters. The fourth-order valence-electron chi connectivity index (χ4n) is 1.75. The van der Waals surface area contributed by atoms with Crippen LogP contribution in [0, 0.1) is 11.6 Å². The van der Waals surface area contributed by atoms with Gasteiger partial charge in [-0.25, -0.2) is 13.8 Å². The van der Waals surface area contributed by atoms with Gasteiger partial charge in [0.1, 0.15) is 12.4 Å². The molecule has 0 heterocycles. The van der Waals surface area contributed by atoms with Gasteiger partial charge in [0.2, 0.25) is 0 Å². The van der Waals surface area contributed by atoms with Gasteiger partial charge in [-0.2, -0.15) is 0 Å². The molecule has 0 saturated carbocycles. The van der Waals surface area contributed by atoms with E-state index in [1.165, 1.54) is 6.07 Å². The lowest BCUT2D eigenvalue weighted by atomic mass is 10.3. The maximum Gasteiger partial charge on any atom is 0.191 e. The van der Waals surface area contributed by atoms with Gasteiger partial charge in [0.25, 0.3) is 0 Å². The predicted molar refractivity (Wildman–Crippen MR) is 97.7 cm³/mol. The molecule has 2 N–H and O–H groups in total. The summed E-state index contributed by atoms with van der Waals surface area (Å²) in [7, 11) is 1.63. The van der Waals surface area contributed by atoms with E-state index in [0.29, 0.717) is 19.1 Å². The SMILES string of the molecule is CCNC(=NCCOc1ccc(F)cc1F)NC(C)COC.I. The van der Waals surface area contributed by atoms with Crippen LogP contribution in [-0.4, -0.2) is 45.4 Å². The second-order valence-corrected chi connectivity index (χ2v) is 4.68. The average molecular weight is 443 g/mol. The summed E-state index contributed by atoms with van der Waals surface area (Å²) < 4.78 is 36.4. The second-order valence-electron chi connectivity index (χ2n) is 4.68. The zero-order valence-electron chi connectivity index (χ0n) is 13.6. The van der Waals surface area contributed by atoms with Crippen molar-refractivity contribution in [2.45, 2.75) is 19.9 Å². The third-order valence-corrected chi connectivity index (χ3v) is 2.66. The number of aliphatic imine (C=N–C) groups is 1. The highest BCUT2D eigenvalue weighted by Crippen LogP contribution is 2.17. The van der Waals surface area contributed by atoms with Crippen molar-refractivity contribution < 1.29 is 18.3 Å². The number of halogens is 3. The molecule has 1 rings (SSSR count). The second kappa shape index (κ2) is 12.3. The highest BCUT2D eigenvalue weighted by Gasteiger charge is 2.06. The molecular formula is C15H24F2IN3O2. The van der Waals surface area contributed by atoms with Gasteiger partial charge in [-0.3, -0.25) is 0 Å². The topological polar surface area (TPSA) is 54.9 Å². The van der Waals surface area contributed by atoms with E-state index in [1.807, 2.05) is 13.8 Å². The van der Waals surface area contributed by atoms with Crippen LogP contribution in [0.2, 0.25) is 0 Å². The standard InChI is InChI=1S/C15H23F2N3O2.HI/c1-4-18-15(20-11(2)10-21-3)19-7-8-22-14-6-5-12(16)9-13(14)17;/h5-6,9,11H,4,7-8,10H2,1-3H3,(H2,18,19,20);1H. The van der Waals surface area contributed by atoms with Gasteiger partial charge >= 0.3 is 0 Å². The van der Waals surface area contributed by atoms with Crippen LogP contribution in [0.1, 0.15) is 13.8 Å². The highest BCUT2D eigenvalue weighted by molar-refractivity contribution is 14.0. The van der Waals surface area contributed by atoms with Gasteiger partial charge in [0.15, 0.2) is 17.5 Å². The minimum atomic E-state index is -0.720. The summed E-state index contributed by atoms with van der Waals surface area (Å²) in [5.41, 5.74) is 0. The maximum absolute atomic E-state index is 13.4. The molecule has 0 amide bonds. The van der Waals surface area contributed by atoms with E-state index in [1.54, 1.807) is 7.11 Å². The Hall–Kier alpha value is -1.16. The highest BCUT2D eigenvalue weighted by atomic mass is 127. The van der Waals surface area contributed by atoms with E-state index in [-0.39, 0.29) is 42.4 Å². The van der Waals surface area contributed by atoms with Crippen LogP contribution in [0.4, 0.5) is 8.78 Å². The third-order valence-electron chi connectivity index (χ3n) is 2.66. The van der Waals surface area contributed by atoms with Crippen molar-refractivity contribution in [3.63, 3.8) is 0 Å². The summed E-state index contributed by atoms with van der Waals surface area (Å²) in [4.78, 5) is 4.32. The molecule has 0 radical (unpaired) electrons. The van der Waals surface area contributed by atoms with Crippen molar-refractivity contribution in [2.24, 2.45) is 4.99 Å². The molecule has 1 aromatic carbocycles. The molecule has 132 valence electrons. The van der Waals surface area contributed by atoms with Crippen molar-refractivity contribution in [1.82, 2.24) is 10.6 Å². The summed E-state index contributed by atoms with van der Waals surface area (Å²) in [6.45, 7) is 5.74. The summed E-state index contributed by atoms with van der Waals surface area (Å²) in [6, 6.07) is 3.31. The van der Waals surface area contributed by atoms with Crippen molar-refractivity contribution in [3.05, 3.63) is 29.8 Å². The molecule has 0 aliphatic rings. The first-order chi connectivity index (χ1) is 10.6. The molecule has 0 saturated heterocycles. The minimum absolute atomic E-state index is 0. The predicted octanol–water partition coefficient (Wildman–Crippen LogP) is 2.55. The van der Waals surface area contributed by atoms with Gasteiger partial charge in [-0.1, -0.05) is 0 Å². The number of methoxy groups -OCH3 is 1. The Morgan fingerprint density at radius 3 is 2.70 bits per heavy atom. The minimum Gasteiger partial charge on any atom is -0.489 e. The van der Waals surface area contributed by atoms with Crippen LogP contribution in [0.25, 0.3) is 0 Å². The Morgan fingerprint density at radius 1 is 1.35 bits per heavy atom. The van der Waals surface area contributed by atoms with Gasteiger partial charge in [0.05, 0.1) is 13.2 Å². The van der Waals surface area contributed by atoms with E-state index < -0.39 is 11.6 Å². The van der Waals surface area contributed by atoms with Crippen LogP contribution in [0.15, 0.2) is 23.2 Å². The van der Waals surface area contributed by atoms with Crippen molar-refractivity contribution in [1.29, 1.82) is 0 Å². The third kappa shape index (κ3) is 8.89. The lowest BCUT2D eigenvalue weighted by molar-refractivity contribution is 0.179. The zero-order chi connectivity index (χ0) is 16.4. The number of ether oxygens (including phenoxy) is 2. The normalized spacial score (nSPS) is 12.3. The summed E-state index contributed by atoms with van der Waals surface area (Å²) >= 11 is 0. The van der Waals surface area contributed by atoms with Crippen LogP contribution in [0.5, 0.6) is 5.75 Å². The average Bonchev–Trinajstić information content (AvgIpc) is 2.45. The molecule has 0 aliphatic heterocycles. The van der Waals surface area contributed by atoms with E-state index >= 15 is 0 Å². The van der Waals surface area contributed by atoms with Gasteiger partial charge in [0, 0.05) is 25.8 Å². The molecule has 0 aromatic heterocycles. The van der Waals surface area contributed by atoms with E-state index in [0.717, 1.165) is 18.7 Å². The number of rotatable bonds is 8. The molecule has 23 heavy (non-hydrogen) atoms. The lowest BCUT2D eigenvalue weighted by Gasteiger charge is -2.17. The molecule has 1 atom stereocenters. The monoisotopic (exact) mass is 443 g/mol. The van der Waals surface area contributed by atoms with Gasteiger partial charge in [-0.05, 0) is 26.0 Å². The Morgan fingerprint density at radius 2 is 2.09 bits per heavy atom. The molecule has 0 bridgehead atoms. The number of nitrogens with one attached hydrogen (secondary N) is 2. The summed E-state index contributed by atoms with van der Waals surface area (Å²) in [5, 5.41) is 6.26. The Balaban J connectivity index is 0.00000484. The van der Waals surface area contributed by atoms with Gasteiger partial charge < -0.3 is 20.1 Å². The molecule has 0 aliphatic carbocycles. The first-order valence-corrected chi connectivity index (χ1v) is 7.18. The van der Waals surface area contributed by atoms with Crippen LogP contribution in [-0.2, 0) is 4.74 Å². The smallest absolute Gasteiger partial charge is 0.191 e. The fourth-order valence-corrected chi connectivity index (χ4v) is 1.75. The molecular weight excluding hydrogens is 419 g/mol. The van der Waals surface area contributed by atoms with Crippen molar-refractivity contribution >= 4 is 29.9 Å². The van der Waals surface area contributed by atoms with E-state index in [4.69, 9.17) is 9.47 Å². The molecule has 0 spiro atoms. The molecule has 5 nitrogen and oxygen atoms in total. The number of hydrogen-bond donors (Lipinski definition) is 2. The Labute approximate surface area is 152 Å².